The topological polar surface area (TPSA) is 24.5 Å². The number of hydrogen-bond donors (Lipinski definition) is 1. The van der Waals surface area contributed by atoms with Crippen molar-refractivity contribution in [1.82, 2.24) is 10.2 Å². The fourth-order valence-electron chi connectivity index (χ4n) is 1.99. The maximum Gasteiger partial charge on any atom is 0.0720 e. The third kappa shape index (κ3) is 7.63. The Balaban J connectivity index is 2.34. The standard InChI is InChI=1S/C17H30N2O/c1-15(2)13-18-10-9-16-7-5-6-8-17(16)14-20-12-11-19(3)4/h5-8,15,18H,9-14H2,1-4H3. The van der Waals surface area contributed by atoms with E-state index in [1.807, 2.05) is 0 Å². The molecule has 0 aliphatic heterocycles. The van der Waals surface area contributed by atoms with Crippen LogP contribution < -0.4 is 5.32 Å². The molecule has 0 spiro atoms. The predicted octanol–water partition coefficient (Wildman–Crippen LogP) is 2.55. The first-order chi connectivity index (χ1) is 9.59. The first-order valence-corrected chi connectivity index (χ1v) is 7.59. The van der Waals surface area contributed by atoms with Gasteiger partial charge in [-0.2, -0.15) is 0 Å². The zero-order valence-corrected chi connectivity index (χ0v) is 13.5. The number of rotatable bonds is 10. The molecule has 1 aromatic carbocycles. The maximum atomic E-state index is 5.75. The summed E-state index contributed by atoms with van der Waals surface area (Å²) in [4.78, 5) is 2.14. The summed E-state index contributed by atoms with van der Waals surface area (Å²) in [6.07, 6.45) is 1.07. The van der Waals surface area contributed by atoms with Gasteiger partial charge in [0.25, 0.3) is 0 Å². The average Bonchev–Trinajstić information content (AvgIpc) is 2.40. The van der Waals surface area contributed by atoms with Gasteiger partial charge in [-0.1, -0.05) is 38.1 Å². The first-order valence-electron chi connectivity index (χ1n) is 7.59. The Kier molecular flexibility index (Phi) is 8.51. The fourth-order valence-corrected chi connectivity index (χ4v) is 1.99. The van der Waals surface area contributed by atoms with Crippen LogP contribution in [0.25, 0.3) is 0 Å². The third-order valence-corrected chi connectivity index (χ3v) is 3.18. The van der Waals surface area contributed by atoms with E-state index in [1.54, 1.807) is 0 Å². The van der Waals surface area contributed by atoms with Crippen molar-refractivity contribution in [2.75, 3.05) is 40.3 Å². The Morgan fingerprint density at radius 1 is 1.15 bits per heavy atom. The van der Waals surface area contributed by atoms with Gasteiger partial charge in [0.2, 0.25) is 0 Å². The summed E-state index contributed by atoms with van der Waals surface area (Å²) in [5, 5.41) is 3.50. The fraction of sp³-hybridized carbons (Fsp3) is 0.647. The molecule has 0 heterocycles. The molecule has 0 unspecified atom stereocenters. The second-order valence-electron chi connectivity index (χ2n) is 5.97. The number of nitrogens with one attached hydrogen (secondary N) is 1. The van der Waals surface area contributed by atoms with Crippen molar-refractivity contribution in [3.8, 4) is 0 Å². The lowest BCUT2D eigenvalue weighted by Crippen LogP contribution is -2.22. The molecule has 0 fully saturated rings. The lowest BCUT2D eigenvalue weighted by molar-refractivity contribution is 0.105. The summed E-state index contributed by atoms with van der Waals surface area (Å²) >= 11 is 0. The molecule has 1 N–H and O–H groups in total. The SMILES string of the molecule is CC(C)CNCCc1ccccc1COCCN(C)C. The highest BCUT2D eigenvalue weighted by atomic mass is 16.5. The number of ether oxygens (including phenoxy) is 1. The van der Waals surface area contributed by atoms with Crippen LogP contribution in [-0.2, 0) is 17.8 Å². The molecule has 0 aliphatic rings. The minimum atomic E-state index is 0.708. The van der Waals surface area contributed by atoms with Crippen molar-refractivity contribution in [1.29, 1.82) is 0 Å². The Bertz CT molecular complexity index is 329. The van der Waals surface area contributed by atoms with Gasteiger partial charge in [0.15, 0.2) is 0 Å². The monoisotopic (exact) mass is 278 g/mol. The van der Waals surface area contributed by atoms with E-state index in [2.05, 4.69) is 62.4 Å². The van der Waals surface area contributed by atoms with Gasteiger partial charge in [-0.3, -0.25) is 0 Å². The summed E-state index contributed by atoms with van der Waals surface area (Å²) in [5.74, 6) is 0.708. The lowest BCUT2D eigenvalue weighted by Gasteiger charge is -2.13. The Labute approximate surface area is 124 Å². The van der Waals surface area contributed by atoms with E-state index >= 15 is 0 Å². The van der Waals surface area contributed by atoms with Gasteiger partial charge in [-0.25, -0.2) is 0 Å². The van der Waals surface area contributed by atoms with Crippen LogP contribution in [0.5, 0.6) is 0 Å². The zero-order valence-electron chi connectivity index (χ0n) is 13.5. The van der Waals surface area contributed by atoms with Gasteiger partial charge < -0.3 is 15.0 Å². The van der Waals surface area contributed by atoms with Crippen LogP contribution in [0.2, 0.25) is 0 Å². The van der Waals surface area contributed by atoms with E-state index in [9.17, 15) is 0 Å². The van der Waals surface area contributed by atoms with Gasteiger partial charge in [-0.05, 0) is 50.7 Å². The first kappa shape index (κ1) is 17.2. The largest absolute Gasteiger partial charge is 0.375 e. The average molecular weight is 278 g/mol. The van der Waals surface area contributed by atoms with Crippen molar-refractivity contribution in [3.63, 3.8) is 0 Å². The van der Waals surface area contributed by atoms with Crippen LogP contribution in [0.1, 0.15) is 25.0 Å². The zero-order chi connectivity index (χ0) is 14.8. The molecule has 20 heavy (non-hydrogen) atoms. The third-order valence-electron chi connectivity index (χ3n) is 3.18. The normalized spacial score (nSPS) is 11.5. The predicted molar refractivity (Wildman–Crippen MR) is 86.1 cm³/mol. The van der Waals surface area contributed by atoms with Gasteiger partial charge in [0.1, 0.15) is 0 Å². The van der Waals surface area contributed by atoms with Gasteiger partial charge in [0, 0.05) is 6.54 Å². The summed E-state index contributed by atoms with van der Waals surface area (Å²) in [6, 6.07) is 8.59. The highest BCUT2D eigenvalue weighted by molar-refractivity contribution is 5.26. The van der Waals surface area contributed by atoms with E-state index < -0.39 is 0 Å². The summed E-state index contributed by atoms with van der Waals surface area (Å²) in [6.45, 7) is 9.06. The Morgan fingerprint density at radius 2 is 1.85 bits per heavy atom. The minimum absolute atomic E-state index is 0.708. The molecular formula is C17H30N2O. The molecule has 0 bridgehead atoms. The molecule has 114 valence electrons. The van der Waals surface area contributed by atoms with Crippen LogP contribution in [0.4, 0.5) is 0 Å². The molecule has 0 saturated carbocycles. The van der Waals surface area contributed by atoms with Crippen molar-refractivity contribution in [2.45, 2.75) is 26.9 Å². The van der Waals surface area contributed by atoms with Crippen molar-refractivity contribution in [3.05, 3.63) is 35.4 Å². The quantitative estimate of drug-likeness (QED) is 0.666. The highest BCUT2D eigenvalue weighted by Gasteiger charge is 2.02. The van der Waals surface area contributed by atoms with Crippen LogP contribution >= 0.6 is 0 Å². The number of benzene rings is 1. The van der Waals surface area contributed by atoms with Gasteiger partial charge in [0.05, 0.1) is 13.2 Å². The molecule has 0 radical (unpaired) electrons. The second-order valence-corrected chi connectivity index (χ2v) is 5.97. The van der Waals surface area contributed by atoms with E-state index in [4.69, 9.17) is 4.74 Å². The summed E-state index contributed by atoms with van der Waals surface area (Å²) in [7, 11) is 4.13. The van der Waals surface area contributed by atoms with E-state index in [1.165, 1.54) is 11.1 Å². The molecule has 1 rings (SSSR count). The molecule has 3 heteroatoms. The van der Waals surface area contributed by atoms with E-state index in [0.717, 1.165) is 32.7 Å². The van der Waals surface area contributed by atoms with Crippen molar-refractivity contribution < 1.29 is 4.74 Å². The molecule has 1 aromatic rings. The molecule has 0 saturated heterocycles. The molecule has 3 nitrogen and oxygen atoms in total. The lowest BCUT2D eigenvalue weighted by atomic mass is 10.1. The molecule has 0 amide bonds. The Hall–Kier alpha value is -0.900. The highest BCUT2D eigenvalue weighted by Crippen LogP contribution is 2.10. The second kappa shape index (κ2) is 9.92. The minimum Gasteiger partial charge on any atom is -0.375 e. The Morgan fingerprint density at radius 3 is 2.50 bits per heavy atom. The van der Waals surface area contributed by atoms with Crippen LogP contribution in [-0.4, -0.2) is 45.2 Å². The van der Waals surface area contributed by atoms with Crippen molar-refractivity contribution >= 4 is 0 Å². The van der Waals surface area contributed by atoms with Crippen LogP contribution in [0.3, 0.4) is 0 Å². The summed E-state index contributed by atoms with van der Waals surface area (Å²) < 4.78 is 5.75. The maximum absolute atomic E-state index is 5.75. The van der Waals surface area contributed by atoms with Crippen molar-refractivity contribution in [2.24, 2.45) is 5.92 Å². The van der Waals surface area contributed by atoms with Crippen LogP contribution in [0, 0.1) is 5.92 Å². The van der Waals surface area contributed by atoms with Crippen LogP contribution in [0.15, 0.2) is 24.3 Å². The smallest absolute Gasteiger partial charge is 0.0720 e. The number of likely N-dealkylation sites (N-methyl/N-ethyl adjacent to an activating group) is 1. The van der Waals surface area contributed by atoms with Gasteiger partial charge in [-0.15, -0.1) is 0 Å². The number of nitrogens with zero attached hydrogens (tertiary/aromatic N) is 1. The number of hydrogen-bond acceptors (Lipinski definition) is 3. The molecule has 0 aromatic heterocycles. The van der Waals surface area contributed by atoms with E-state index in [0.29, 0.717) is 12.5 Å². The van der Waals surface area contributed by atoms with E-state index in [-0.39, 0.29) is 0 Å². The van der Waals surface area contributed by atoms with Gasteiger partial charge >= 0.3 is 0 Å². The summed E-state index contributed by atoms with van der Waals surface area (Å²) in [5.41, 5.74) is 2.71. The molecule has 0 atom stereocenters. The molecule has 0 aliphatic carbocycles. The molecular weight excluding hydrogens is 248 g/mol.